The van der Waals surface area contributed by atoms with E-state index in [1.165, 1.54) is 18.6 Å². The fourth-order valence-electron chi connectivity index (χ4n) is 7.02. The predicted octanol–water partition coefficient (Wildman–Crippen LogP) is 8.82. The van der Waals surface area contributed by atoms with E-state index >= 15 is 0 Å². The number of nitrogens with zero attached hydrogens (tertiary/aromatic N) is 4. The largest absolute Gasteiger partial charge is 0.416 e. The lowest BCUT2D eigenvalue weighted by atomic mass is 9.91. The Morgan fingerprint density at radius 3 is 2.34 bits per heavy atom. The van der Waals surface area contributed by atoms with Gasteiger partial charge in [-0.05, 0) is 104 Å². The minimum Gasteiger partial charge on any atom is -0.370 e. The summed E-state index contributed by atoms with van der Waals surface area (Å²) in [5.41, 5.74) is 4.99. The number of hydrogen-bond donors (Lipinski definition) is 1. The molecule has 2 aromatic heterocycles. The summed E-state index contributed by atoms with van der Waals surface area (Å²) in [4.78, 5) is 9.07. The first-order valence-electron chi connectivity index (χ1n) is 14.8. The third kappa shape index (κ3) is 5.68. The molecule has 0 saturated carbocycles. The number of aryl methyl sites for hydroxylation is 1. The van der Waals surface area contributed by atoms with E-state index in [-0.39, 0.29) is 12.1 Å². The summed E-state index contributed by atoms with van der Waals surface area (Å²) in [7, 11) is 0. The van der Waals surface area contributed by atoms with Crippen LogP contribution >= 0.6 is 23.8 Å². The van der Waals surface area contributed by atoms with E-state index in [0.29, 0.717) is 27.7 Å². The third-order valence-corrected chi connectivity index (χ3v) is 9.35. The van der Waals surface area contributed by atoms with E-state index in [1.807, 2.05) is 48.7 Å². The molecule has 44 heavy (non-hydrogen) atoms. The zero-order chi connectivity index (χ0) is 31.3. The fraction of sp³-hybridized carbons (Fsp3) is 0.353. The van der Waals surface area contributed by atoms with Crippen molar-refractivity contribution in [2.45, 2.75) is 52.4 Å². The lowest BCUT2D eigenvalue weighted by molar-refractivity contribution is -0.137. The Bertz CT molecular complexity index is 1680. The minimum absolute atomic E-state index is 0.304. The maximum absolute atomic E-state index is 13.6. The summed E-state index contributed by atoms with van der Waals surface area (Å²) in [6, 6.07) is 18.7. The second-order valence-electron chi connectivity index (χ2n) is 12.2. The van der Waals surface area contributed by atoms with Gasteiger partial charge in [0.25, 0.3) is 0 Å². The summed E-state index contributed by atoms with van der Waals surface area (Å²) < 4.78 is 42.7. The molecule has 0 spiro atoms. The van der Waals surface area contributed by atoms with E-state index in [9.17, 15) is 13.2 Å². The number of alkyl halides is 3. The number of anilines is 2. The van der Waals surface area contributed by atoms with Crippen LogP contribution in [0.25, 0.3) is 5.69 Å². The van der Waals surface area contributed by atoms with E-state index < -0.39 is 11.7 Å². The first kappa shape index (κ1) is 30.5. The van der Waals surface area contributed by atoms with Crippen LogP contribution in [0.1, 0.15) is 60.6 Å². The van der Waals surface area contributed by atoms with Gasteiger partial charge >= 0.3 is 6.18 Å². The highest BCUT2D eigenvalue weighted by Gasteiger charge is 2.42. The van der Waals surface area contributed by atoms with Gasteiger partial charge in [0.1, 0.15) is 0 Å². The molecule has 5 nitrogen and oxygen atoms in total. The van der Waals surface area contributed by atoms with Crippen LogP contribution < -0.4 is 15.1 Å². The lowest BCUT2D eigenvalue weighted by Gasteiger charge is -2.37. The van der Waals surface area contributed by atoms with Gasteiger partial charge in [-0.3, -0.25) is 4.98 Å². The van der Waals surface area contributed by atoms with Crippen LogP contribution in [0.3, 0.4) is 0 Å². The summed E-state index contributed by atoms with van der Waals surface area (Å²) >= 11 is 12.9. The van der Waals surface area contributed by atoms with Gasteiger partial charge < -0.3 is 19.7 Å². The molecular weight excluding hydrogens is 603 g/mol. The number of pyridine rings is 1. The maximum atomic E-state index is 13.6. The van der Waals surface area contributed by atoms with Crippen LogP contribution in [0.4, 0.5) is 24.5 Å². The molecule has 10 heteroatoms. The molecule has 0 aliphatic carbocycles. The molecule has 1 N–H and O–H groups in total. The number of benzene rings is 2. The summed E-state index contributed by atoms with van der Waals surface area (Å²) in [6.45, 7) is 10.3. The number of aromatic nitrogens is 2. The van der Waals surface area contributed by atoms with Crippen LogP contribution in [-0.4, -0.2) is 27.8 Å². The van der Waals surface area contributed by atoms with Gasteiger partial charge in [0.2, 0.25) is 0 Å². The summed E-state index contributed by atoms with van der Waals surface area (Å²) in [5.74, 6) is 1.17. The van der Waals surface area contributed by atoms with Crippen LogP contribution in [-0.2, 0) is 6.18 Å². The molecule has 0 unspecified atom stereocenters. The smallest absolute Gasteiger partial charge is 0.370 e. The number of nitrogens with one attached hydrogen (secondary N) is 1. The van der Waals surface area contributed by atoms with Crippen molar-refractivity contribution in [1.82, 2.24) is 14.9 Å². The van der Waals surface area contributed by atoms with Gasteiger partial charge in [0, 0.05) is 42.0 Å². The summed E-state index contributed by atoms with van der Waals surface area (Å²) in [6.07, 6.45) is -1.49. The Kier molecular flexibility index (Phi) is 8.13. The highest BCUT2D eigenvalue weighted by atomic mass is 35.5. The van der Waals surface area contributed by atoms with E-state index in [1.54, 1.807) is 12.3 Å². The molecule has 2 aromatic carbocycles. The van der Waals surface area contributed by atoms with Gasteiger partial charge in [-0.25, -0.2) is 0 Å². The molecule has 0 amide bonds. The van der Waals surface area contributed by atoms with E-state index in [0.717, 1.165) is 53.2 Å². The second-order valence-corrected chi connectivity index (χ2v) is 13.0. The molecule has 2 aliphatic heterocycles. The van der Waals surface area contributed by atoms with E-state index in [4.69, 9.17) is 23.8 Å². The number of thiocarbonyl (C=S) groups is 1. The molecule has 2 saturated heterocycles. The molecule has 6 rings (SSSR count). The zero-order valence-electron chi connectivity index (χ0n) is 25.1. The Morgan fingerprint density at radius 2 is 1.68 bits per heavy atom. The molecule has 0 radical (unpaired) electrons. The molecule has 4 atom stereocenters. The van der Waals surface area contributed by atoms with Gasteiger partial charge in [-0.15, -0.1) is 0 Å². The minimum atomic E-state index is -4.44. The standard InChI is InChI=1S/C34H35ClF3N5S/c1-20-14-21(2)19-41(18-20)30-12-11-26(17-28(30)35)43-32(31(40-33(43)44)29-10-5-6-13-39-29)27-15-22(3)42(23(27)4)25-9-7-8-24(16-25)34(36,37)38/h5-13,15-17,20-21,31-32H,14,18-19H2,1-4H3,(H,40,44)/t20-,21-,31-,32+/m0/s1. The lowest BCUT2D eigenvalue weighted by Crippen LogP contribution is -2.38. The van der Waals surface area contributed by atoms with Crippen molar-refractivity contribution >= 4 is 40.3 Å². The van der Waals surface area contributed by atoms with Crippen molar-refractivity contribution in [1.29, 1.82) is 0 Å². The molecule has 4 aromatic rings. The Morgan fingerprint density at radius 1 is 0.932 bits per heavy atom. The van der Waals surface area contributed by atoms with Gasteiger partial charge in [0.15, 0.2) is 5.11 Å². The van der Waals surface area contributed by atoms with Crippen molar-refractivity contribution in [2.24, 2.45) is 11.8 Å². The second kappa shape index (κ2) is 11.7. The Hall–Kier alpha value is -3.56. The predicted molar refractivity (Wildman–Crippen MR) is 175 cm³/mol. The average molecular weight is 638 g/mol. The Balaban J connectivity index is 1.44. The van der Waals surface area contributed by atoms with Crippen molar-refractivity contribution in [2.75, 3.05) is 22.9 Å². The van der Waals surface area contributed by atoms with Crippen LogP contribution in [0.2, 0.25) is 5.02 Å². The van der Waals surface area contributed by atoms with Crippen molar-refractivity contribution in [3.63, 3.8) is 0 Å². The molecule has 230 valence electrons. The van der Waals surface area contributed by atoms with Crippen LogP contribution in [0.15, 0.2) is 72.9 Å². The first-order chi connectivity index (χ1) is 20.9. The number of piperidine rings is 1. The molecule has 0 bridgehead atoms. The molecule has 4 heterocycles. The quantitative estimate of drug-likeness (QED) is 0.221. The SMILES string of the molecule is Cc1cc([C@@H]2[C@H](c3ccccn3)NC(=S)N2c2ccc(N3C[C@@H](C)C[C@H](C)C3)c(Cl)c2)c(C)n1-c1cccc(C(F)(F)F)c1. The number of hydrogen-bond acceptors (Lipinski definition) is 3. The monoisotopic (exact) mass is 637 g/mol. The topological polar surface area (TPSA) is 36.3 Å². The number of rotatable bonds is 5. The average Bonchev–Trinajstić information content (AvgIpc) is 3.47. The van der Waals surface area contributed by atoms with Crippen LogP contribution in [0, 0.1) is 25.7 Å². The van der Waals surface area contributed by atoms with Crippen molar-refractivity contribution < 1.29 is 13.2 Å². The van der Waals surface area contributed by atoms with Gasteiger partial charge in [-0.2, -0.15) is 13.2 Å². The van der Waals surface area contributed by atoms with Gasteiger partial charge in [-0.1, -0.05) is 37.6 Å². The zero-order valence-corrected chi connectivity index (χ0v) is 26.6. The fourth-order valence-corrected chi connectivity index (χ4v) is 7.66. The highest BCUT2D eigenvalue weighted by Crippen LogP contribution is 2.45. The number of halogens is 4. The van der Waals surface area contributed by atoms with Gasteiger partial charge in [0.05, 0.1) is 34.1 Å². The maximum Gasteiger partial charge on any atom is 0.416 e. The molecule has 2 fully saturated rings. The van der Waals surface area contributed by atoms with E-state index in [2.05, 4.69) is 46.1 Å². The molecule has 2 aliphatic rings. The third-order valence-electron chi connectivity index (χ3n) is 8.74. The normalized spacial score (nSPS) is 22.4. The molecular formula is C34H35ClF3N5S. The first-order valence-corrected chi connectivity index (χ1v) is 15.6. The Labute approximate surface area is 266 Å². The summed E-state index contributed by atoms with van der Waals surface area (Å²) in [5, 5.41) is 4.66. The van der Waals surface area contributed by atoms with Crippen LogP contribution in [0.5, 0.6) is 0 Å². The highest BCUT2D eigenvalue weighted by molar-refractivity contribution is 7.80. The van der Waals surface area contributed by atoms with Crippen molar-refractivity contribution in [3.05, 3.63) is 106 Å². The van der Waals surface area contributed by atoms with Crippen molar-refractivity contribution in [3.8, 4) is 5.69 Å².